The number of thioether (sulfide) groups is 1. The molecule has 2 nitrogen and oxygen atoms in total. The van der Waals surface area contributed by atoms with E-state index >= 15 is 0 Å². The van der Waals surface area contributed by atoms with Gasteiger partial charge in [0.15, 0.2) is 0 Å². The van der Waals surface area contributed by atoms with Crippen LogP contribution in [-0.4, -0.2) is 18.0 Å². The molecule has 3 aromatic rings. The van der Waals surface area contributed by atoms with Crippen LogP contribution >= 0.6 is 18.9 Å². The van der Waals surface area contributed by atoms with Crippen LogP contribution in [0, 0.1) is 0 Å². The van der Waals surface area contributed by atoms with E-state index in [2.05, 4.69) is 0 Å². The molecule has 4 heteroatoms. The van der Waals surface area contributed by atoms with Gasteiger partial charge in [-0.25, -0.2) is 0 Å². The second-order valence-corrected chi connectivity index (χ2v) is 9.95. The van der Waals surface area contributed by atoms with Gasteiger partial charge in [-0.05, 0) is 36.7 Å². The minimum atomic E-state index is -2.82. The number of phenolic OH excluding ortho intramolecular Hbond substituents is 1. The number of phenols is 1. The van der Waals surface area contributed by atoms with E-state index in [0.717, 1.165) is 15.8 Å². The van der Waals surface area contributed by atoms with Gasteiger partial charge in [-0.1, -0.05) is 60.7 Å². The molecule has 0 aromatic heterocycles. The van der Waals surface area contributed by atoms with Crippen molar-refractivity contribution in [2.45, 2.75) is 10.6 Å². The van der Waals surface area contributed by atoms with E-state index in [-0.39, 0.29) is 11.4 Å². The summed E-state index contributed by atoms with van der Waals surface area (Å²) >= 11 is 1.67. The van der Waals surface area contributed by atoms with Crippen LogP contribution in [0.3, 0.4) is 0 Å². The van der Waals surface area contributed by atoms with Crippen LogP contribution in [0.1, 0.15) is 16.8 Å². The Kier molecular flexibility index (Phi) is 5.36. The van der Waals surface area contributed by atoms with Crippen LogP contribution in [0.2, 0.25) is 0 Å². The van der Waals surface area contributed by atoms with E-state index in [1.165, 1.54) is 0 Å². The minimum absolute atomic E-state index is 0.180. The quantitative estimate of drug-likeness (QED) is 0.476. The highest BCUT2D eigenvalue weighted by Gasteiger charge is 2.34. The van der Waals surface area contributed by atoms with Crippen LogP contribution < -0.4 is 5.30 Å². The van der Waals surface area contributed by atoms with Crippen molar-refractivity contribution in [3.05, 3.63) is 90.0 Å². The van der Waals surface area contributed by atoms with Crippen molar-refractivity contribution in [3.8, 4) is 5.75 Å². The van der Waals surface area contributed by atoms with Crippen LogP contribution in [0.15, 0.2) is 83.8 Å². The zero-order valence-electron chi connectivity index (χ0n) is 14.3. The SMILES string of the molecule is CSc1ccc(C(c2ccccc2O)P(C)(=O)c2ccccc2)cc1. The molecule has 2 unspecified atom stereocenters. The Morgan fingerprint density at radius 3 is 2.08 bits per heavy atom. The van der Waals surface area contributed by atoms with Gasteiger partial charge in [-0.2, -0.15) is 0 Å². The number of benzene rings is 3. The Bertz CT molecular complexity index is 891. The van der Waals surface area contributed by atoms with E-state index in [1.54, 1.807) is 23.9 Å². The van der Waals surface area contributed by atoms with E-state index in [1.807, 2.05) is 79.7 Å². The Morgan fingerprint density at radius 1 is 0.880 bits per heavy atom. The molecule has 1 N–H and O–H groups in total. The highest BCUT2D eigenvalue weighted by atomic mass is 32.2. The summed E-state index contributed by atoms with van der Waals surface area (Å²) in [6.07, 6.45) is 2.03. The van der Waals surface area contributed by atoms with E-state index in [4.69, 9.17) is 0 Å². The predicted molar refractivity (Wildman–Crippen MR) is 108 cm³/mol. The zero-order chi connectivity index (χ0) is 17.9. The topological polar surface area (TPSA) is 37.3 Å². The number of hydrogen-bond acceptors (Lipinski definition) is 3. The molecule has 0 saturated carbocycles. The third-order valence-corrected chi connectivity index (χ3v) is 8.05. The molecule has 0 bridgehead atoms. The summed E-state index contributed by atoms with van der Waals surface area (Å²) in [4.78, 5) is 1.16. The van der Waals surface area contributed by atoms with Crippen molar-refractivity contribution >= 4 is 24.2 Å². The van der Waals surface area contributed by atoms with Gasteiger partial charge in [0.25, 0.3) is 0 Å². The van der Waals surface area contributed by atoms with Crippen LogP contribution in [-0.2, 0) is 4.57 Å². The molecule has 0 radical (unpaired) electrons. The molecule has 0 heterocycles. The minimum Gasteiger partial charge on any atom is -0.508 e. The molecule has 3 aromatic carbocycles. The molecule has 0 saturated heterocycles. The summed E-state index contributed by atoms with van der Waals surface area (Å²) in [6.45, 7) is 1.81. The summed E-state index contributed by atoms with van der Waals surface area (Å²) < 4.78 is 13.9. The lowest BCUT2D eigenvalue weighted by Gasteiger charge is -2.27. The summed E-state index contributed by atoms with van der Waals surface area (Å²) in [5.74, 6) is 0.180. The fourth-order valence-electron chi connectivity index (χ4n) is 3.11. The molecule has 128 valence electrons. The molecule has 2 atom stereocenters. The van der Waals surface area contributed by atoms with E-state index < -0.39 is 7.14 Å². The van der Waals surface area contributed by atoms with Crippen molar-refractivity contribution < 1.29 is 9.67 Å². The first-order valence-electron chi connectivity index (χ1n) is 8.08. The van der Waals surface area contributed by atoms with Gasteiger partial charge >= 0.3 is 0 Å². The molecule has 0 fully saturated rings. The third-order valence-electron chi connectivity index (χ3n) is 4.42. The van der Waals surface area contributed by atoms with E-state index in [9.17, 15) is 9.67 Å². The largest absolute Gasteiger partial charge is 0.508 e. The Labute approximate surface area is 153 Å². The fraction of sp³-hybridized carbons (Fsp3) is 0.143. The lowest BCUT2D eigenvalue weighted by Crippen LogP contribution is -2.12. The molecule has 3 rings (SSSR count). The lowest BCUT2D eigenvalue weighted by molar-refractivity contribution is 0.468. The van der Waals surface area contributed by atoms with Crippen molar-refractivity contribution in [2.24, 2.45) is 0 Å². The van der Waals surface area contributed by atoms with Crippen LogP contribution in [0.5, 0.6) is 5.75 Å². The predicted octanol–water partition coefficient (Wildman–Crippen LogP) is 5.52. The monoisotopic (exact) mass is 368 g/mol. The summed E-state index contributed by atoms with van der Waals surface area (Å²) in [5, 5.41) is 11.2. The molecule has 0 spiro atoms. The number of para-hydroxylation sites is 1. The molecular weight excluding hydrogens is 347 g/mol. The van der Waals surface area contributed by atoms with E-state index in [0.29, 0.717) is 5.56 Å². The number of rotatable bonds is 5. The first-order valence-corrected chi connectivity index (χ1v) is 11.5. The summed E-state index contributed by atoms with van der Waals surface area (Å²) in [7, 11) is -2.82. The lowest BCUT2D eigenvalue weighted by atomic mass is 10.0. The number of aromatic hydroxyl groups is 1. The van der Waals surface area contributed by atoms with Crippen molar-refractivity contribution in [1.29, 1.82) is 0 Å². The van der Waals surface area contributed by atoms with Gasteiger partial charge in [0.05, 0.1) is 5.66 Å². The smallest absolute Gasteiger partial charge is 0.124 e. The summed E-state index contributed by atoms with van der Waals surface area (Å²) in [5.41, 5.74) is 1.27. The molecule has 0 aliphatic rings. The fourth-order valence-corrected chi connectivity index (χ4v) is 6.07. The van der Waals surface area contributed by atoms with Crippen molar-refractivity contribution in [2.75, 3.05) is 12.9 Å². The molecule has 25 heavy (non-hydrogen) atoms. The summed E-state index contributed by atoms with van der Waals surface area (Å²) in [6, 6.07) is 24.8. The maximum atomic E-state index is 13.9. The van der Waals surface area contributed by atoms with Gasteiger partial charge in [0.1, 0.15) is 12.9 Å². The molecular formula is C21H21O2PS. The van der Waals surface area contributed by atoms with Gasteiger partial charge in [0.2, 0.25) is 0 Å². The first-order chi connectivity index (χ1) is 12.0. The zero-order valence-corrected chi connectivity index (χ0v) is 16.0. The Morgan fingerprint density at radius 2 is 1.48 bits per heavy atom. The average molecular weight is 368 g/mol. The molecule has 0 aliphatic carbocycles. The van der Waals surface area contributed by atoms with Gasteiger partial charge in [-0.3, -0.25) is 0 Å². The second-order valence-electron chi connectivity index (χ2n) is 6.06. The van der Waals surface area contributed by atoms with Gasteiger partial charge < -0.3 is 9.67 Å². The third kappa shape index (κ3) is 3.68. The maximum Gasteiger partial charge on any atom is 0.124 e. The first kappa shape index (κ1) is 17.8. The molecule has 0 amide bonds. The van der Waals surface area contributed by atoms with Gasteiger partial charge in [-0.15, -0.1) is 11.8 Å². The van der Waals surface area contributed by atoms with Crippen LogP contribution in [0.25, 0.3) is 0 Å². The second kappa shape index (κ2) is 7.51. The van der Waals surface area contributed by atoms with Crippen molar-refractivity contribution in [1.82, 2.24) is 0 Å². The molecule has 0 aliphatic heterocycles. The van der Waals surface area contributed by atoms with Gasteiger partial charge in [0, 0.05) is 15.8 Å². The number of hydrogen-bond donors (Lipinski definition) is 1. The maximum absolute atomic E-state index is 13.9. The Balaban J connectivity index is 2.18. The van der Waals surface area contributed by atoms with Crippen LogP contribution in [0.4, 0.5) is 0 Å². The highest BCUT2D eigenvalue weighted by molar-refractivity contribution is 7.98. The highest BCUT2D eigenvalue weighted by Crippen LogP contribution is 2.59. The normalized spacial score (nSPS) is 14.6. The standard InChI is InChI=1S/C21H21O2PS/c1-24(23,17-8-4-3-5-9-17)21(19-10-6-7-11-20(19)22)16-12-14-18(25-2)15-13-16/h3-15,21-22H,1-2H3. The Hall–Kier alpha value is -1.96. The average Bonchev–Trinajstić information content (AvgIpc) is 2.65. The van der Waals surface area contributed by atoms with Crippen molar-refractivity contribution in [3.63, 3.8) is 0 Å².